The lowest BCUT2D eigenvalue weighted by Crippen LogP contribution is -2.64. The molecule has 0 spiro atoms. The third kappa shape index (κ3) is 13.4. The quantitative estimate of drug-likeness (QED) is 0.192. The highest BCUT2D eigenvalue weighted by Crippen LogP contribution is 2.58. The molecule has 2 aliphatic heterocycles. The van der Waals surface area contributed by atoms with Crippen LogP contribution in [0.1, 0.15) is 340 Å². The smallest absolute Gasteiger partial charge is 0.0605 e. The van der Waals surface area contributed by atoms with Gasteiger partial charge in [0.05, 0.1) is 6.17 Å². The first-order chi connectivity index (χ1) is 40.1. The summed E-state index contributed by atoms with van der Waals surface area (Å²) in [6.07, 6.45) is 81.6. The predicted molar refractivity (Wildman–Crippen MR) is 340 cm³/mol. The van der Waals surface area contributed by atoms with Crippen LogP contribution in [0.5, 0.6) is 0 Å². The highest BCUT2D eigenvalue weighted by molar-refractivity contribution is 5.09. The largest absolute Gasteiger partial charge is 0.299 e. The second kappa shape index (κ2) is 28.1. The summed E-state index contributed by atoms with van der Waals surface area (Å²) in [6.45, 7) is 0. The van der Waals surface area contributed by atoms with Crippen LogP contribution in [-0.2, 0) is 0 Å². The molecule has 0 radical (unpaired) electrons. The van der Waals surface area contributed by atoms with Gasteiger partial charge in [0.2, 0.25) is 0 Å². The average Bonchev–Trinajstić information content (AvgIpc) is 4.05. The van der Waals surface area contributed by atoms with Crippen LogP contribution in [-0.4, -0.2) is 87.3 Å². The number of rotatable bonds is 13. The minimum Gasteiger partial charge on any atom is -0.299 e. The molecular formula is C76H131N5. The van der Waals surface area contributed by atoms with E-state index in [9.17, 15) is 0 Å². The molecule has 12 aliphatic carbocycles. The van der Waals surface area contributed by atoms with Gasteiger partial charge in [-0.2, -0.15) is 0 Å². The minimum absolute atomic E-state index is 0.597. The SMILES string of the molecule is C1CCC(C2CC(C3CCC(C4CCC(N5C6CCC(C7CCC(N(C8CCCCC8)C8CCCCC8)CC7)CC6C6CC(C7CCC(N(C8CCCCC8)C8CCCCC8)CC7)CCC65)CC4)CC3)NC(C3CCCCC3)N2)CC1. The van der Waals surface area contributed by atoms with E-state index in [0.29, 0.717) is 6.17 Å². The maximum absolute atomic E-state index is 4.42. The Morgan fingerprint density at radius 2 is 0.506 bits per heavy atom. The first-order valence-electron chi connectivity index (χ1n) is 39.0. The standard InChI is InChI=1S/C76H131N5/c1-7-19-58(20-8-1)72-53-73(78-76(77-72)60-21-9-2-10-22-60)59-33-31-54(32-34-59)55-35-47-69(48-36-55)81-74-49-41-61(56-37-43-67(44-38-56)79(63-23-11-3-12-24-63)64-25-13-4-14-26-64)51-70(74)71-52-62(42-50-75(71)81)57-39-45-68(46-40-57)80(65-27-15-5-16-28-65)66-29-17-6-18-30-66/h54-78H,1-53H2. The van der Waals surface area contributed by atoms with Crippen LogP contribution in [0.4, 0.5) is 0 Å². The van der Waals surface area contributed by atoms with Crippen molar-refractivity contribution in [3.63, 3.8) is 0 Å². The van der Waals surface area contributed by atoms with Gasteiger partial charge in [-0.25, -0.2) is 0 Å². The van der Waals surface area contributed by atoms with Crippen molar-refractivity contribution in [2.24, 2.45) is 65.1 Å². The van der Waals surface area contributed by atoms with Gasteiger partial charge >= 0.3 is 0 Å². The lowest BCUT2D eigenvalue weighted by Gasteiger charge is -2.50. The lowest BCUT2D eigenvalue weighted by atomic mass is 9.62. The van der Waals surface area contributed by atoms with E-state index >= 15 is 0 Å². The van der Waals surface area contributed by atoms with Crippen LogP contribution in [0.2, 0.25) is 0 Å². The van der Waals surface area contributed by atoms with E-state index in [2.05, 4.69) is 25.3 Å². The molecular weight excluding hydrogens is 983 g/mol. The maximum Gasteiger partial charge on any atom is 0.0605 e. The number of nitrogens with zero attached hydrogens (tertiary/aromatic N) is 3. The fourth-order valence-corrected chi connectivity index (χ4v) is 25.5. The van der Waals surface area contributed by atoms with Gasteiger partial charge in [0, 0.05) is 66.5 Å². The van der Waals surface area contributed by atoms with Crippen molar-refractivity contribution >= 4 is 0 Å². The third-order valence-electron chi connectivity index (χ3n) is 29.6. The number of likely N-dealkylation sites (tertiary alicyclic amines) is 1. The number of fused-ring (bicyclic) bond motifs is 3. The summed E-state index contributed by atoms with van der Waals surface area (Å²) in [4.78, 5) is 10.00. The summed E-state index contributed by atoms with van der Waals surface area (Å²) in [7, 11) is 0. The zero-order valence-electron chi connectivity index (χ0n) is 53.1. The molecule has 81 heavy (non-hydrogen) atoms. The molecule has 14 rings (SSSR count). The molecule has 0 aromatic carbocycles. The Morgan fingerprint density at radius 1 is 0.222 bits per heavy atom. The molecule has 9 unspecified atom stereocenters. The molecule has 5 heteroatoms. The van der Waals surface area contributed by atoms with Gasteiger partial charge in [-0.15, -0.1) is 0 Å². The summed E-state index contributed by atoms with van der Waals surface area (Å²) in [5.41, 5.74) is 0. The summed E-state index contributed by atoms with van der Waals surface area (Å²) < 4.78 is 0. The third-order valence-corrected chi connectivity index (χ3v) is 29.6. The molecule has 5 nitrogen and oxygen atoms in total. The van der Waals surface area contributed by atoms with E-state index in [-0.39, 0.29) is 0 Å². The van der Waals surface area contributed by atoms with E-state index < -0.39 is 0 Å². The Morgan fingerprint density at radius 3 is 0.901 bits per heavy atom. The van der Waals surface area contributed by atoms with Crippen molar-refractivity contribution in [1.82, 2.24) is 25.3 Å². The molecule has 9 atom stereocenters. The van der Waals surface area contributed by atoms with Crippen LogP contribution in [0.15, 0.2) is 0 Å². The number of nitrogens with one attached hydrogen (secondary N) is 2. The van der Waals surface area contributed by atoms with Crippen molar-refractivity contribution in [3.8, 4) is 0 Å². The first kappa shape index (κ1) is 58.5. The topological polar surface area (TPSA) is 33.8 Å². The number of hydrogen-bond acceptors (Lipinski definition) is 5. The van der Waals surface area contributed by atoms with Gasteiger partial charge in [0.25, 0.3) is 0 Å². The van der Waals surface area contributed by atoms with E-state index in [1.54, 1.807) is 128 Å². The summed E-state index contributed by atoms with van der Waals surface area (Å²) in [5, 5.41) is 8.76. The van der Waals surface area contributed by atoms with Crippen molar-refractivity contribution in [3.05, 3.63) is 0 Å². The van der Waals surface area contributed by atoms with E-state index in [4.69, 9.17) is 0 Å². The van der Waals surface area contributed by atoms with Gasteiger partial charge in [-0.3, -0.25) is 25.3 Å². The van der Waals surface area contributed by atoms with E-state index in [0.717, 1.165) is 132 Å². The fraction of sp³-hybridized carbons (Fsp3) is 1.00. The molecule has 12 saturated carbocycles. The van der Waals surface area contributed by atoms with Gasteiger partial charge in [-0.1, -0.05) is 116 Å². The second-order valence-corrected chi connectivity index (χ2v) is 33.6. The molecule has 2 heterocycles. The molecule has 0 amide bonds. The monoisotopic (exact) mass is 1110 g/mol. The van der Waals surface area contributed by atoms with Crippen molar-refractivity contribution in [2.75, 3.05) is 0 Å². The van der Waals surface area contributed by atoms with Crippen LogP contribution < -0.4 is 10.6 Å². The number of hydrogen-bond donors (Lipinski definition) is 2. The van der Waals surface area contributed by atoms with Crippen molar-refractivity contribution < 1.29 is 0 Å². The zero-order chi connectivity index (χ0) is 53.9. The Kier molecular flexibility index (Phi) is 20.3. The highest BCUT2D eigenvalue weighted by atomic mass is 15.3. The lowest BCUT2D eigenvalue weighted by molar-refractivity contribution is 0.00175. The Hall–Kier alpha value is -0.200. The summed E-state index contributed by atoms with van der Waals surface area (Å²) in [6, 6.07) is 9.84. The predicted octanol–water partition coefficient (Wildman–Crippen LogP) is 19.1. The zero-order valence-corrected chi connectivity index (χ0v) is 53.1. The summed E-state index contributed by atoms with van der Waals surface area (Å²) >= 11 is 0. The van der Waals surface area contributed by atoms with Crippen LogP contribution in [0.3, 0.4) is 0 Å². The van der Waals surface area contributed by atoms with E-state index in [1.807, 2.05) is 0 Å². The Bertz CT molecular complexity index is 1690. The molecule has 0 aromatic heterocycles. The van der Waals surface area contributed by atoms with E-state index in [1.165, 1.54) is 212 Å². The molecule has 460 valence electrons. The summed E-state index contributed by atoms with van der Waals surface area (Å²) in [5.74, 6) is 11.0. The molecule has 2 saturated heterocycles. The first-order valence-corrected chi connectivity index (χ1v) is 39.0. The second-order valence-electron chi connectivity index (χ2n) is 33.6. The van der Waals surface area contributed by atoms with Crippen LogP contribution in [0.25, 0.3) is 0 Å². The Labute approximate surface area is 500 Å². The van der Waals surface area contributed by atoms with Crippen LogP contribution >= 0.6 is 0 Å². The van der Waals surface area contributed by atoms with Crippen molar-refractivity contribution in [1.29, 1.82) is 0 Å². The van der Waals surface area contributed by atoms with Gasteiger partial charge < -0.3 is 0 Å². The minimum atomic E-state index is 0.597. The molecule has 2 N–H and O–H groups in total. The average molecular weight is 1110 g/mol. The molecule has 0 aromatic rings. The fourth-order valence-electron chi connectivity index (χ4n) is 25.5. The molecule has 0 bridgehead atoms. The van der Waals surface area contributed by atoms with Gasteiger partial charge in [-0.05, 0) is 290 Å². The molecule has 14 aliphatic rings. The highest BCUT2D eigenvalue weighted by Gasteiger charge is 2.56. The Balaban J connectivity index is 0.622. The van der Waals surface area contributed by atoms with Crippen LogP contribution in [0, 0.1) is 65.1 Å². The van der Waals surface area contributed by atoms with Crippen molar-refractivity contribution in [2.45, 2.75) is 413 Å². The van der Waals surface area contributed by atoms with Gasteiger partial charge in [0.15, 0.2) is 0 Å². The maximum atomic E-state index is 4.42. The molecule has 14 fully saturated rings. The van der Waals surface area contributed by atoms with Gasteiger partial charge in [0.1, 0.15) is 0 Å². The normalized spacial score (nSPS) is 44.3.